The molecule has 0 fully saturated rings. The summed E-state index contributed by atoms with van der Waals surface area (Å²) < 4.78 is 4.66. The van der Waals surface area contributed by atoms with Crippen LogP contribution in [0.5, 0.6) is 5.75 Å². The smallest absolute Gasteiger partial charge is 0.312 e. The molecule has 1 N–H and O–H groups in total. The van der Waals surface area contributed by atoms with E-state index in [0.717, 1.165) is 0 Å². The summed E-state index contributed by atoms with van der Waals surface area (Å²) in [4.78, 5) is 23.6. The van der Waals surface area contributed by atoms with E-state index in [1.807, 2.05) is 20.8 Å². The molecule has 0 aliphatic heterocycles. The number of Topliss-reactive ketones (excluding diaryl/α,β-unsaturated/α-hetero) is 1. The Kier molecular flexibility index (Phi) is 4.93. The van der Waals surface area contributed by atoms with E-state index >= 15 is 0 Å². The number of hydrogen-bond donors (Lipinski definition) is 1. The number of aromatic hydroxyl groups is 1. The Morgan fingerprint density at radius 1 is 1.30 bits per heavy atom. The standard InChI is InChI=1S/C16H22O4/c1-10(15(19)20-5)11-6-7-12(13(17)8-11)14(18)9-16(2,3)4/h6-8,10,17H,9H2,1-5H3/t10-/m0/s1. The van der Waals surface area contributed by atoms with Crippen molar-refractivity contribution in [3.8, 4) is 5.75 Å². The number of phenolic OH excluding ortho intramolecular Hbond substituents is 1. The summed E-state index contributed by atoms with van der Waals surface area (Å²) in [7, 11) is 1.32. The van der Waals surface area contributed by atoms with E-state index < -0.39 is 5.92 Å². The summed E-state index contributed by atoms with van der Waals surface area (Å²) in [5, 5.41) is 9.99. The number of carbonyl (C=O) groups is 2. The van der Waals surface area contributed by atoms with Gasteiger partial charge in [0.15, 0.2) is 5.78 Å². The molecule has 0 bridgehead atoms. The van der Waals surface area contributed by atoms with Crippen LogP contribution in [0.2, 0.25) is 0 Å². The molecule has 1 rings (SSSR count). The number of esters is 1. The zero-order valence-corrected chi connectivity index (χ0v) is 12.7. The number of rotatable bonds is 4. The molecule has 0 saturated heterocycles. The quantitative estimate of drug-likeness (QED) is 0.678. The Morgan fingerprint density at radius 3 is 2.35 bits per heavy atom. The second-order valence-corrected chi connectivity index (χ2v) is 6.18. The third-order valence-electron chi connectivity index (χ3n) is 3.07. The first kappa shape index (κ1) is 16.2. The molecule has 0 spiro atoms. The summed E-state index contributed by atoms with van der Waals surface area (Å²) in [5.41, 5.74) is 0.781. The number of phenols is 1. The molecular formula is C16H22O4. The van der Waals surface area contributed by atoms with Crippen LogP contribution in [-0.2, 0) is 9.53 Å². The van der Waals surface area contributed by atoms with E-state index in [2.05, 4.69) is 4.74 Å². The highest BCUT2D eigenvalue weighted by atomic mass is 16.5. The van der Waals surface area contributed by atoms with Crippen molar-refractivity contribution in [3.63, 3.8) is 0 Å². The van der Waals surface area contributed by atoms with Gasteiger partial charge in [-0.25, -0.2) is 0 Å². The summed E-state index contributed by atoms with van der Waals surface area (Å²) in [6.45, 7) is 7.60. The summed E-state index contributed by atoms with van der Waals surface area (Å²) in [6.07, 6.45) is 0.354. The zero-order chi connectivity index (χ0) is 15.5. The second kappa shape index (κ2) is 6.07. The topological polar surface area (TPSA) is 63.6 Å². The molecule has 0 unspecified atom stereocenters. The van der Waals surface area contributed by atoms with Crippen LogP contribution in [0.1, 0.15) is 56.0 Å². The van der Waals surface area contributed by atoms with Gasteiger partial charge in [0.25, 0.3) is 0 Å². The molecule has 0 aliphatic rings. The maximum atomic E-state index is 12.1. The van der Waals surface area contributed by atoms with Crippen molar-refractivity contribution in [2.75, 3.05) is 7.11 Å². The van der Waals surface area contributed by atoms with Crippen LogP contribution in [0, 0.1) is 5.41 Å². The predicted octanol–water partition coefficient (Wildman–Crippen LogP) is 3.29. The Labute approximate surface area is 119 Å². The van der Waals surface area contributed by atoms with Gasteiger partial charge in [0.2, 0.25) is 0 Å². The highest BCUT2D eigenvalue weighted by Gasteiger charge is 2.22. The molecule has 1 aromatic rings. The van der Waals surface area contributed by atoms with E-state index in [1.165, 1.54) is 13.2 Å². The average Bonchev–Trinajstić information content (AvgIpc) is 2.34. The third kappa shape index (κ3) is 4.08. The Balaban J connectivity index is 2.99. The average molecular weight is 278 g/mol. The van der Waals surface area contributed by atoms with Gasteiger partial charge in [-0.05, 0) is 30.0 Å². The van der Waals surface area contributed by atoms with Gasteiger partial charge in [0.05, 0.1) is 18.6 Å². The van der Waals surface area contributed by atoms with Crippen LogP contribution in [0.4, 0.5) is 0 Å². The third-order valence-corrected chi connectivity index (χ3v) is 3.07. The number of ketones is 1. The monoisotopic (exact) mass is 278 g/mol. The lowest BCUT2D eigenvalue weighted by Crippen LogP contribution is -2.14. The fraction of sp³-hybridized carbons (Fsp3) is 0.500. The van der Waals surface area contributed by atoms with Crippen LogP contribution in [0.3, 0.4) is 0 Å². The molecule has 0 heterocycles. The van der Waals surface area contributed by atoms with Gasteiger partial charge in [-0.2, -0.15) is 0 Å². The van der Waals surface area contributed by atoms with E-state index in [-0.39, 0.29) is 22.9 Å². The van der Waals surface area contributed by atoms with E-state index in [0.29, 0.717) is 17.5 Å². The molecule has 20 heavy (non-hydrogen) atoms. The Bertz CT molecular complexity index is 512. The molecule has 0 saturated carbocycles. The van der Waals surface area contributed by atoms with Gasteiger partial charge in [0.1, 0.15) is 5.75 Å². The molecule has 110 valence electrons. The van der Waals surface area contributed by atoms with Crippen molar-refractivity contribution in [1.82, 2.24) is 0 Å². The number of ether oxygens (including phenoxy) is 1. The molecule has 0 radical (unpaired) electrons. The van der Waals surface area contributed by atoms with E-state index in [9.17, 15) is 14.7 Å². The molecule has 0 amide bonds. The minimum absolute atomic E-state index is 0.0903. The lowest BCUT2D eigenvalue weighted by atomic mass is 9.87. The Hall–Kier alpha value is -1.84. The zero-order valence-electron chi connectivity index (χ0n) is 12.7. The summed E-state index contributed by atoms with van der Waals surface area (Å²) >= 11 is 0. The number of carbonyl (C=O) groups excluding carboxylic acids is 2. The van der Waals surface area contributed by atoms with Crippen LogP contribution in [-0.4, -0.2) is 24.0 Å². The maximum absolute atomic E-state index is 12.1. The molecule has 0 aromatic heterocycles. The van der Waals surface area contributed by atoms with E-state index in [4.69, 9.17) is 0 Å². The molecule has 4 nitrogen and oxygen atoms in total. The summed E-state index contributed by atoms with van der Waals surface area (Å²) in [6, 6.07) is 4.70. The summed E-state index contributed by atoms with van der Waals surface area (Å²) in [5.74, 6) is -1.05. The molecular weight excluding hydrogens is 256 g/mol. The number of hydrogen-bond acceptors (Lipinski definition) is 4. The van der Waals surface area contributed by atoms with Crippen molar-refractivity contribution in [3.05, 3.63) is 29.3 Å². The van der Waals surface area contributed by atoms with Gasteiger partial charge in [-0.15, -0.1) is 0 Å². The van der Waals surface area contributed by atoms with Crippen LogP contribution in [0.15, 0.2) is 18.2 Å². The van der Waals surface area contributed by atoms with Crippen molar-refractivity contribution >= 4 is 11.8 Å². The second-order valence-electron chi connectivity index (χ2n) is 6.18. The van der Waals surface area contributed by atoms with Crippen molar-refractivity contribution in [1.29, 1.82) is 0 Å². The van der Waals surface area contributed by atoms with Crippen molar-refractivity contribution < 1.29 is 19.4 Å². The highest BCUT2D eigenvalue weighted by molar-refractivity contribution is 5.99. The Morgan fingerprint density at radius 2 is 1.90 bits per heavy atom. The first-order valence-electron chi connectivity index (χ1n) is 6.59. The minimum atomic E-state index is -0.474. The van der Waals surface area contributed by atoms with Gasteiger partial charge in [-0.3, -0.25) is 9.59 Å². The highest BCUT2D eigenvalue weighted by Crippen LogP contribution is 2.28. The normalized spacial score (nSPS) is 12.8. The fourth-order valence-electron chi connectivity index (χ4n) is 1.94. The number of methoxy groups -OCH3 is 1. The molecule has 1 atom stereocenters. The van der Waals surface area contributed by atoms with Gasteiger partial charge in [-0.1, -0.05) is 26.8 Å². The SMILES string of the molecule is COC(=O)[C@@H](C)c1ccc(C(=O)CC(C)(C)C)c(O)c1. The lowest BCUT2D eigenvalue weighted by Gasteiger charge is -2.17. The molecule has 4 heteroatoms. The first-order chi connectivity index (χ1) is 9.15. The van der Waals surface area contributed by atoms with Crippen LogP contribution >= 0.6 is 0 Å². The largest absolute Gasteiger partial charge is 0.507 e. The van der Waals surface area contributed by atoms with Crippen LogP contribution in [0.25, 0.3) is 0 Å². The van der Waals surface area contributed by atoms with Crippen molar-refractivity contribution in [2.24, 2.45) is 5.41 Å². The lowest BCUT2D eigenvalue weighted by molar-refractivity contribution is -0.141. The van der Waals surface area contributed by atoms with Gasteiger partial charge < -0.3 is 9.84 Å². The van der Waals surface area contributed by atoms with Crippen molar-refractivity contribution in [2.45, 2.75) is 40.0 Å². The predicted molar refractivity (Wildman–Crippen MR) is 76.9 cm³/mol. The van der Waals surface area contributed by atoms with Gasteiger partial charge in [0, 0.05) is 6.42 Å². The minimum Gasteiger partial charge on any atom is -0.507 e. The fourth-order valence-corrected chi connectivity index (χ4v) is 1.94. The van der Waals surface area contributed by atoms with Gasteiger partial charge >= 0.3 is 5.97 Å². The molecule has 1 aromatic carbocycles. The van der Waals surface area contributed by atoms with Crippen LogP contribution < -0.4 is 0 Å². The first-order valence-corrected chi connectivity index (χ1v) is 6.59. The maximum Gasteiger partial charge on any atom is 0.312 e. The van der Waals surface area contributed by atoms with E-state index in [1.54, 1.807) is 19.1 Å². The molecule has 0 aliphatic carbocycles. The number of benzene rings is 1.